The minimum absolute atomic E-state index is 0.268. The maximum absolute atomic E-state index is 13.4. The highest BCUT2D eigenvalue weighted by Gasteiger charge is 2.22. The van der Waals surface area contributed by atoms with Gasteiger partial charge in [0.15, 0.2) is 5.13 Å². The summed E-state index contributed by atoms with van der Waals surface area (Å²) in [6.45, 7) is 4.00. The Morgan fingerprint density at radius 2 is 1.88 bits per heavy atom. The van der Waals surface area contributed by atoms with Gasteiger partial charge in [-0.1, -0.05) is 30.3 Å². The predicted octanol–water partition coefficient (Wildman–Crippen LogP) is 4.09. The molecule has 8 nitrogen and oxygen atoms in total. The summed E-state index contributed by atoms with van der Waals surface area (Å²) in [5, 5.41) is 10.3. The molecule has 0 saturated carbocycles. The van der Waals surface area contributed by atoms with Crippen molar-refractivity contribution in [1.29, 1.82) is 0 Å². The minimum Gasteiger partial charge on any atom is -0.496 e. The van der Waals surface area contributed by atoms with E-state index >= 15 is 0 Å². The fourth-order valence-electron chi connectivity index (χ4n) is 3.88. The summed E-state index contributed by atoms with van der Waals surface area (Å²) < 4.78 is 12.7. The number of ether oxygens (including phenoxy) is 2. The third kappa shape index (κ3) is 4.86. The molecule has 5 rings (SSSR count). The lowest BCUT2D eigenvalue weighted by atomic mass is 10.1. The highest BCUT2D eigenvalue weighted by molar-refractivity contribution is 7.14. The van der Waals surface area contributed by atoms with E-state index in [1.165, 1.54) is 11.3 Å². The standard InChI is InChI=1S/C25H25N5O3S/c1-32-22-10-6-5-9-20(22)23-21(16-30(28-23)19-7-3-2-4-8-19)24(31)27-25-26-18(17-34-25)15-29-11-13-33-14-12-29/h2-10,16-17H,11-15H2,1H3,(H,26,27,31). The third-order valence-electron chi connectivity index (χ3n) is 5.60. The largest absolute Gasteiger partial charge is 0.496 e. The van der Waals surface area contributed by atoms with Gasteiger partial charge in [-0.15, -0.1) is 11.3 Å². The van der Waals surface area contributed by atoms with Gasteiger partial charge >= 0.3 is 0 Å². The van der Waals surface area contributed by atoms with Gasteiger partial charge in [-0.2, -0.15) is 5.10 Å². The van der Waals surface area contributed by atoms with Crippen molar-refractivity contribution in [2.45, 2.75) is 6.54 Å². The average Bonchev–Trinajstić information content (AvgIpc) is 3.52. The first kappa shape index (κ1) is 22.3. The van der Waals surface area contributed by atoms with Crippen LogP contribution in [-0.4, -0.2) is 59.0 Å². The molecule has 0 unspecified atom stereocenters. The van der Waals surface area contributed by atoms with Crippen LogP contribution in [0.3, 0.4) is 0 Å². The second-order valence-corrected chi connectivity index (χ2v) is 8.72. The molecule has 0 bridgehead atoms. The Morgan fingerprint density at radius 3 is 2.68 bits per heavy atom. The molecule has 1 fully saturated rings. The van der Waals surface area contributed by atoms with Gasteiger partial charge in [0, 0.05) is 36.8 Å². The molecule has 34 heavy (non-hydrogen) atoms. The maximum Gasteiger partial charge on any atom is 0.261 e. The van der Waals surface area contributed by atoms with Crippen LogP contribution in [0, 0.1) is 0 Å². The number of hydrogen-bond acceptors (Lipinski definition) is 7. The molecule has 0 radical (unpaired) electrons. The summed E-state index contributed by atoms with van der Waals surface area (Å²) in [7, 11) is 1.61. The molecule has 0 aliphatic carbocycles. The van der Waals surface area contributed by atoms with Gasteiger partial charge in [-0.25, -0.2) is 9.67 Å². The zero-order valence-corrected chi connectivity index (χ0v) is 19.6. The number of nitrogens with zero attached hydrogens (tertiary/aromatic N) is 4. The number of thiazole rings is 1. The normalized spacial score (nSPS) is 14.1. The fraction of sp³-hybridized carbons (Fsp3) is 0.240. The average molecular weight is 476 g/mol. The summed E-state index contributed by atoms with van der Waals surface area (Å²) in [6, 6.07) is 17.3. The number of morpholine rings is 1. The van der Waals surface area contributed by atoms with Crippen LogP contribution in [0.1, 0.15) is 16.1 Å². The number of para-hydroxylation sites is 2. The lowest BCUT2D eigenvalue weighted by molar-refractivity contribution is 0.0337. The second-order valence-electron chi connectivity index (χ2n) is 7.86. The van der Waals surface area contributed by atoms with Crippen molar-refractivity contribution in [3.8, 4) is 22.7 Å². The van der Waals surface area contributed by atoms with Crippen LogP contribution in [0.2, 0.25) is 0 Å². The topological polar surface area (TPSA) is 81.5 Å². The summed E-state index contributed by atoms with van der Waals surface area (Å²) in [5.74, 6) is 0.382. The van der Waals surface area contributed by atoms with E-state index in [4.69, 9.17) is 14.6 Å². The number of carbonyl (C=O) groups excluding carboxylic acids is 1. The van der Waals surface area contributed by atoms with Crippen molar-refractivity contribution in [3.63, 3.8) is 0 Å². The first-order valence-corrected chi connectivity index (χ1v) is 11.9. The lowest BCUT2D eigenvalue weighted by Crippen LogP contribution is -2.35. The van der Waals surface area contributed by atoms with Gasteiger partial charge in [0.05, 0.1) is 37.3 Å². The Labute approximate surface area is 201 Å². The van der Waals surface area contributed by atoms with Crippen molar-refractivity contribution < 1.29 is 14.3 Å². The van der Waals surface area contributed by atoms with Crippen LogP contribution in [0.25, 0.3) is 16.9 Å². The van der Waals surface area contributed by atoms with Crippen LogP contribution in [0.15, 0.2) is 66.2 Å². The molecule has 4 aromatic rings. The molecule has 0 spiro atoms. The number of benzene rings is 2. The number of nitrogens with one attached hydrogen (secondary N) is 1. The van der Waals surface area contributed by atoms with E-state index in [1.807, 2.05) is 60.0 Å². The van der Waals surface area contributed by atoms with E-state index < -0.39 is 0 Å². The van der Waals surface area contributed by atoms with Gasteiger partial charge < -0.3 is 9.47 Å². The van der Waals surface area contributed by atoms with Gasteiger partial charge in [0.25, 0.3) is 5.91 Å². The highest BCUT2D eigenvalue weighted by atomic mass is 32.1. The van der Waals surface area contributed by atoms with Crippen LogP contribution in [0.4, 0.5) is 5.13 Å². The smallest absolute Gasteiger partial charge is 0.261 e. The lowest BCUT2D eigenvalue weighted by Gasteiger charge is -2.25. The van der Waals surface area contributed by atoms with Crippen molar-refractivity contribution in [2.24, 2.45) is 0 Å². The van der Waals surface area contributed by atoms with E-state index in [1.54, 1.807) is 18.0 Å². The molecule has 1 amide bonds. The second kappa shape index (κ2) is 10.2. The Kier molecular flexibility index (Phi) is 6.66. The van der Waals surface area contributed by atoms with Crippen molar-refractivity contribution in [3.05, 3.63) is 77.4 Å². The Morgan fingerprint density at radius 1 is 1.12 bits per heavy atom. The monoisotopic (exact) mass is 475 g/mol. The van der Waals surface area contributed by atoms with E-state index in [2.05, 4.69) is 15.2 Å². The molecule has 1 saturated heterocycles. The minimum atomic E-state index is -0.268. The predicted molar refractivity (Wildman–Crippen MR) is 132 cm³/mol. The molecular formula is C25H25N5O3S. The molecule has 174 valence electrons. The first-order valence-electron chi connectivity index (χ1n) is 11.1. The van der Waals surface area contributed by atoms with E-state index in [9.17, 15) is 4.79 Å². The Bertz CT molecular complexity index is 1260. The molecule has 2 aromatic heterocycles. The zero-order valence-electron chi connectivity index (χ0n) is 18.8. The number of amides is 1. The quantitative estimate of drug-likeness (QED) is 0.434. The van der Waals surface area contributed by atoms with Gasteiger partial charge in [0.2, 0.25) is 0 Å². The summed E-state index contributed by atoms with van der Waals surface area (Å²) in [4.78, 5) is 20.3. The van der Waals surface area contributed by atoms with Crippen LogP contribution in [0.5, 0.6) is 5.75 Å². The number of methoxy groups -OCH3 is 1. The number of aromatic nitrogens is 3. The van der Waals surface area contributed by atoms with Crippen LogP contribution >= 0.6 is 11.3 Å². The van der Waals surface area contributed by atoms with Crippen LogP contribution < -0.4 is 10.1 Å². The van der Waals surface area contributed by atoms with Gasteiger partial charge in [-0.05, 0) is 24.3 Å². The Hall–Kier alpha value is -3.53. The molecule has 2 aromatic carbocycles. The molecular weight excluding hydrogens is 450 g/mol. The molecule has 1 N–H and O–H groups in total. The molecule has 3 heterocycles. The highest BCUT2D eigenvalue weighted by Crippen LogP contribution is 2.32. The molecule has 1 aliphatic heterocycles. The van der Waals surface area contributed by atoms with Crippen molar-refractivity contribution in [2.75, 3.05) is 38.7 Å². The third-order valence-corrected chi connectivity index (χ3v) is 6.41. The first-order chi connectivity index (χ1) is 16.7. The molecule has 9 heteroatoms. The van der Waals surface area contributed by atoms with E-state index in [0.29, 0.717) is 22.1 Å². The zero-order chi connectivity index (χ0) is 23.3. The number of rotatable bonds is 7. The maximum atomic E-state index is 13.4. The van der Waals surface area contributed by atoms with Crippen LogP contribution in [-0.2, 0) is 11.3 Å². The number of carbonyl (C=O) groups is 1. The Balaban J connectivity index is 1.43. The van der Waals surface area contributed by atoms with Gasteiger partial charge in [-0.3, -0.25) is 15.0 Å². The summed E-state index contributed by atoms with van der Waals surface area (Å²) in [5.41, 5.74) is 3.53. The van der Waals surface area contributed by atoms with Crippen molar-refractivity contribution in [1.82, 2.24) is 19.7 Å². The van der Waals surface area contributed by atoms with E-state index in [-0.39, 0.29) is 5.91 Å². The fourth-order valence-corrected chi connectivity index (χ4v) is 4.58. The van der Waals surface area contributed by atoms with E-state index in [0.717, 1.165) is 49.8 Å². The SMILES string of the molecule is COc1ccccc1-c1nn(-c2ccccc2)cc1C(=O)Nc1nc(CN2CCOCC2)cs1. The number of hydrogen-bond donors (Lipinski definition) is 1. The molecule has 0 atom stereocenters. The summed E-state index contributed by atoms with van der Waals surface area (Å²) in [6.07, 6.45) is 1.74. The summed E-state index contributed by atoms with van der Waals surface area (Å²) >= 11 is 1.42. The van der Waals surface area contributed by atoms with Crippen molar-refractivity contribution >= 4 is 22.4 Å². The van der Waals surface area contributed by atoms with Gasteiger partial charge in [0.1, 0.15) is 11.4 Å². The number of anilines is 1. The molecule has 1 aliphatic rings.